The highest BCUT2D eigenvalue weighted by atomic mass is 32.2. The van der Waals surface area contributed by atoms with Gasteiger partial charge in [0, 0.05) is 26.2 Å². The van der Waals surface area contributed by atoms with E-state index in [2.05, 4.69) is 11.8 Å². The smallest absolute Gasteiger partial charge is 0.243 e. The average Bonchev–Trinajstić information content (AvgIpc) is 2.93. The normalized spacial score (nSPS) is 19.3. The summed E-state index contributed by atoms with van der Waals surface area (Å²) in [6.45, 7) is 4.12. The van der Waals surface area contributed by atoms with Gasteiger partial charge >= 0.3 is 0 Å². The fourth-order valence-corrected chi connectivity index (χ4v) is 6.50. The summed E-state index contributed by atoms with van der Waals surface area (Å²) in [7, 11) is -1.99. The predicted molar refractivity (Wildman–Crippen MR) is 139 cm³/mol. The number of rotatable bonds is 7. The van der Waals surface area contributed by atoms with Gasteiger partial charge in [-0.15, -0.1) is 0 Å². The van der Waals surface area contributed by atoms with Crippen LogP contribution in [0.1, 0.15) is 50.9 Å². The molecule has 0 spiro atoms. The van der Waals surface area contributed by atoms with Crippen LogP contribution < -0.4 is 9.47 Å². The molecule has 1 aliphatic heterocycles. The quantitative estimate of drug-likeness (QED) is 0.465. The van der Waals surface area contributed by atoms with Gasteiger partial charge in [-0.2, -0.15) is 9.29 Å². The minimum Gasteiger partial charge on any atom is -0.497 e. The first-order valence-electron chi connectivity index (χ1n) is 12.8. The molecule has 0 amide bonds. The number of hydrogen-bond acceptors (Lipinski definition) is 7. The third-order valence-electron chi connectivity index (χ3n) is 7.31. The summed E-state index contributed by atoms with van der Waals surface area (Å²) in [5, 5.41) is 0.939. The summed E-state index contributed by atoms with van der Waals surface area (Å²) in [4.78, 5) is 12.3. The highest BCUT2D eigenvalue weighted by molar-refractivity contribution is 7.89. The highest BCUT2D eigenvalue weighted by Gasteiger charge is 2.31. The van der Waals surface area contributed by atoms with Gasteiger partial charge in [-0.25, -0.2) is 13.4 Å². The number of aromatic nitrogens is 2. The fraction of sp³-hybridized carbons (Fsp3) is 0.481. The van der Waals surface area contributed by atoms with Crippen molar-refractivity contribution in [1.29, 1.82) is 0 Å². The van der Waals surface area contributed by atoms with Gasteiger partial charge in [0.05, 0.1) is 29.0 Å². The minimum absolute atomic E-state index is 0.0610. The molecule has 9 heteroatoms. The van der Waals surface area contributed by atoms with Crippen LogP contribution in [0.4, 0.5) is 0 Å². The summed E-state index contributed by atoms with van der Waals surface area (Å²) < 4.78 is 39.4. The Morgan fingerprint density at radius 1 is 0.917 bits per heavy atom. The Labute approximate surface area is 213 Å². The monoisotopic (exact) mass is 510 g/mol. The second-order valence-corrected chi connectivity index (χ2v) is 11.5. The number of para-hydroxylation sites is 1. The van der Waals surface area contributed by atoms with E-state index < -0.39 is 10.0 Å². The summed E-state index contributed by atoms with van der Waals surface area (Å²) in [5.41, 5.74) is 0.876. The van der Waals surface area contributed by atoms with Crippen LogP contribution >= 0.6 is 0 Å². The molecule has 8 nitrogen and oxygen atoms in total. The van der Waals surface area contributed by atoms with Gasteiger partial charge in [-0.1, -0.05) is 18.6 Å². The lowest BCUT2D eigenvalue weighted by Crippen LogP contribution is -2.49. The molecule has 5 rings (SSSR count). The van der Waals surface area contributed by atoms with Gasteiger partial charge in [-0.05, 0) is 69.0 Å². The lowest BCUT2D eigenvalue weighted by molar-refractivity contribution is 0.135. The number of benzene rings is 2. The molecule has 36 heavy (non-hydrogen) atoms. The number of ether oxygens (including phenoxy) is 2. The van der Waals surface area contributed by atoms with Crippen molar-refractivity contribution >= 4 is 20.9 Å². The Bertz CT molecular complexity index is 1280. The van der Waals surface area contributed by atoms with Crippen molar-refractivity contribution < 1.29 is 17.9 Å². The van der Waals surface area contributed by atoms with Gasteiger partial charge in [0.25, 0.3) is 0 Å². The van der Waals surface area contributed by atoms with Crippen molar-refractivity contribution in [1.82, 2.24) is 19.2 Å². The molecule has 0 bridgehead atoms. The third-order valence-corrected chi connectivity index (χ3v) is 9.22. The molecule has 2 heterocycles. The largest absolute Gasteiger partial charge is 0.497 e. The first-order valence-corrected chi connectivity index (χ1v) is 14.2. The van der Waals surface area contributed by atoms with Crippen molar-refractivity contribution in [2.75, 3.05) is 33.3 Å². The first-order chi connectivity index (χ1) is 17.5. The molecule has 3 aromatic rings. The molecule has 2 aliphatic rings. The number of nitrogens with zero attached hydrogens (tertiary/aromatic N) is 4. The number of hydrogen-bond donors (Lipinski definition) is 0. The zero-order valence-corrected chi connectivity index (χ0v) is 21.8. The van der Waals surface area contributed by atoms with Crippen LogP contribution in [0.3, 0.4) is 0 Å². The molecule has 0 N–H and O–H groups in total. The average molecular weight is 511 g/mol. The molecule has 1 unspecified atom stereocenters. The standard InChI is InChI=1S/C27H34N4O4S/c1-20(30-16-18-31(19-17-30)36(32,33)23-14-12-21(34-2)13-15-23)26-28-25-11-7-6-10-24(25)27(29-26)35-22-8-4-3-5-9-22/h6-7,10-15,20,22H,3-5,8-9,16-19H2,1-2H3. The minimum atomic E-state index is -3.55. The summed E-state index contributed by atoms with van der Waals surface area (Å²) >= 11 is 0. The maximum absolute atomic E-state index is 13.1. The SMILES string of the molecule is COc1ccc(S(=O)(=O)N2CCN(C(C)c3nc(OC4CCCCC4)c4ccccc4n3)CC2)cc1. The molecule has 1 aromatic heterocycles. The van der Waals surface area contributed by atoms with E-state index in [1.807, 2.05) is 24.3 Å². The number of sulfonamides is 1. The van der Waals surface area contributed by atoms with E-state index in [9.17, 15) is 8.42 Å². The molecule has 0 radical (unpaired) electrons. The summed E-state index contributed by atoms with van der Waals surface area (Å²) in [6.07, 6.45) is 5.99. The van der Waals surface area contributed by atoms with E-state index in [0.717, 1.165) is 23.7 Å². The number of methoxy groups -OCH3 is 1. The van der Waals surface area contributed by atoms with Crippen LogP contribution in [0.15, 0.2) is 53.4 Å². The van der Waals surface area contributed by atoms with Crippen LogP contribution in [0, 0.1) is 0 Å². The third kappa shape index (κ3) is 5.19. The number of fused-ring (bicyclic) bond motifs is 1. The Kier molecular flexibility index (Phi) is 7.41. The Morgan fingerprint density at radius 3 is 2.31 bits per heavy atom. The zero-order chi connectivity index (χ0) is 25.1. The molecule has 1 aliphatic carbocycles. The van der Waals surface area contributed by atoms with Crippen molar-refractivity contribution in [3.8, 4) is 11.6 Å². The second kappa shape index (κ2) is 10.7. The molecule has 2 fully saturated rings. The van der Waals surface area contributed by atoms with E-state index in [0.29, 0.717) is 43.6 Å². The van der Waals surface area contributed by atoms with E-state index in [-0.39, 0.29) is 17.0 Å². The first kappa shape index (κ1) is 24.9. The van der Waals surface area contributed by atoms with Gasteiger partial charge in [0.2, 0.25) is 15.9 Å². The van der Waals surface area contributed by atoms with E-state index in [1.165, 1.54) is 19.3 Å². The topological polar surface area (TPSA) is 84.9 Å². The van der Waals surface area contributed by atoms with Crippen LogP contribution in [-0.4, -0.2) is 67.0 Å². The van der Waals surface area contributed by atoms with Crippen LogP contribution in [0.2, 0.25) is 0 Å². The molecule has 1 saturated heterocycles. The van der Waals surface area contributed by atoms with Gasteiger partial charge < -0.3 is 9.47 Å². The van der Waals surface area contributed by atoms with Crippen LogP contribution in [-0.2, 0) is 10.0 Å². The highest BCUT2D eigenvalue weighted by Crippen LogP contribution is 2.30. The molecular formula is C27H34N4O4S. The van der Waals surface area contributed by atoms with Crippen molar-refractivity contribution in [3.05, 3.63) is 54.4 Å². The van der Waals surface area contributed by atoms with E-state index in [1.54, 1.807) is 35.7 Å². The van der Waals surface area contributed by atoms with Gasteiger partial charge in [0.15, 0.2) is 0 Å². The molecule has 1 atom stereocenters. The van der Waals surface area contributed by atoms with Crippen LogP contribution in [0.5, 0.6) is 11.6 Å². The maximum atomic E-state index is 13.1. The Morgan fingerprint density at radius 2 is 1.61 bits per heavy atom. The second-order valence-electron chi connectivity index (χ2n) is 9.57. The van der Waals surface area contributed by atoms with Crippen molar-refractivity contribution in [2.24, 2.45) is 0 Å². The van der Waals surface area contributed by atoms with Crippen molar-refractivity contribution in [2.45, 2.75) is 56.1 Å². The van der Waals surface area contributed by atoms with Gasteiger partial charge in [0.1, 0.15) is 17.7 Å². The summed E-state index contributed by atoms with van der Waals surface area (Å²) in [5.74, 6) is 2.01. The Hall–Kier alpha value is -2.75. The van der Waals surface area contributed by atoms with Crippen molar-refractivity contribution in [3.63, 3.8) is 0 Å². The van der Waals surface area contributed by atoms with Gasteiger partial charge in [-0.3, -0.25) is 4.90 Å². The molecular weight excluding hydrogens is 476 g/mol. The lowest BCUT2D eigenvalue weighted by atomic mass is 9.98. The molecule has 192 valence electrons. The number of piperazine rings is 1. The summed E-state index contributed by atoms with van der Waals surface area (Å²) in [6, 6.07) is 14.5. The zero-order valence-electron chi connectivity index (χ0n) is 21.0. The van der Waals surface area contributed by atoms with E-state index >= 15 is 0 Å². The Balaban J connectivity index is 1.31. The maximum Gasteiger partial charge on any atom is 0.243 e. The molecule has 2 aromatic carbocycles. The predicted octanol–water partition coefficient (Wildman–Crippen LogP) is 4.42. The molecule has 1 saturated carbocycles. The van der Waals surface area contributed by atoms with E-state index in [4.69, 9.17) is 19.4 Å². The fourth-order valence-electron chi connectivity index (χ4n) is 5.07. The van der Waals surface area contributed by atoms with Crippen LogP contribution in [0.25, 0.3) is 10.9 Å². The lowest BCUT2D eigenvalue weighted by Gasteiger charge is -2.37.